The largest absolute Gasteiger partial charge is 0.326 e. The van der Waals surface area contributed by atoms with Crippen LogP contribution in [-0.2, 0) is 6.54 Å². The van der Waals surface area contributed by atoms with Crippen LogP contribution in [0.15, 0.2) is 44.7 Å². The standard InChI is InChI=1S/C16H20Br2N2S/c1-3-13(19)16(14-7-8-15(18)21-14)20(2)10-11-5-4-6-12(17)9-11/h4-9,13,16H,3,10,19H2,1-2H3. The number of nitrogens with two attached hydrogens (primary N) is 1. The molecule has 2 N–H and O–H groups in total. The number of hydrogen-bond acceptors (Lipinski definition) is 3. The summed E-state index contributed by atoms with van der Waals surface area (Å²) in [4.78, 5) is 3.66. The van der Waals surface area contributed by atoms with E-state index in [1.807, 2.05) is 0 Å². The molecule has 0 saturated carbocycles. The average Bonchev–Trinajstić information content (AvgIpc) is 2.85. The Kier molecular flexibility index (Phi) is 6.44. The van der Waals surface area contributed by atoms with Crippen LogP contribution in [-0.4, -0.2) is 18.0 Å². The predicted molar refractivity (Wildman–Crippen MR) is 98.6 cm³/mol. The molecule has 2 rings (SSSR count). The predicted octanol–water partition coefficient (Wildman–Crippen LogP) is 5.18. The van der Waals surface area contributed by atoms with Crippen molar-refractivity contribution in [3.63, 3.8) is 0 Å². The monoisotopic (exact) mass is 430 g/mol. The van der Waals surface area contributed by atoms with E-state index < -0.39 is 0 Å². The quantitative estimate of drug-likeness (QED) is 0.682. The number of benzene rings is 1. The Morgan fingerprint density at radius 2 is 2.00 bits per heavy atom. The average molecular weight is 432 g/mol. The van der Waals surface area contributed by atoms with Crippen molar-refractivity contribution in [1.29, 1.82) is 0 Å². The topological polar surface area (TPSA) is 29.3 Å². The van der Waals surface area contributed by atoms with Crippen molar-refractivity contribution in [3.05, 3.63) is 55.1 Å². The molecule has 0 aliphatic heterocycles. The van der Waals surface area contributed by atoms with E-state index in [9.17, 15) is 0 Å². The first-order chi connectivity index (χ1) is 10.0. The molecule has 2 atom stereocenters. The minimum absolute atomic E-state index is 0.132. The van der Waals surface area contributed by atoms with Gasteiger partial charge in [0.15, 0.2) is 0 Å². The summed E-state index contributed by atoms with van der Waals surface area (Å²) in [5.74, 6) is 0. The molecule has 0 saturated heterocycles. The lowest BCUT2D eigenvalue weighted by atomic mass is 10.0. The van der Waals surface area contributed by atoms with Crippen LogP contribution in [0.3, 0.4) is 0 Å². The van der Waals surface area contributed by atoms with Crippen molar-refractivity contribution in [2.75, 3.05) is 7.05 Å². The van der Waals surface area contributed by atoms with Crippen LogP contribution in [0.25, 0.3) is 0 Å². The number of nitrogens with zero attached hydrogens (tertiary/aromatic N) is 1. The van der Waals surface area contributed by atoms with Crippen molar-refractivity contribution in [2.24, 2.45) is 5.73 Å². The minimum Gasteiger partial charge on any atom is -0.326 e. The van der Waals surface area contributed by atoms with Crippen LogP contribution in [0.5, 0.6) is 0 Å². The molecular weight excluding hydrogens is 412 g/mol. The van der Waals surface area contributed by atoms with Crippen LogP contribution in [0, 0.1) is 0 Å². The highest BCUT2D eigenvalue weighted by Crippen LogP contribution is 2.33. The van der Waals surface area contributed by atoms with Gasteiger partial charge in [-0.1, -0.05) is 35.0 Å². The zero-order chi connectivity index (χ0) is 15.4. The zero-order valence-corrected chi connectivity index (χ0v) is 16.2. The maximum atomic E-state index is 6.38. The van der Waals surface area contributed by atoms with Crippen molar-refractivity contribution >= 4 is 43.2 Å². The third-order valence-electron chi connectivity index (χ3n) is 3.56. The van der Waals surface area contributed by atoms with Gasteiger partial charge in [0.05, 0.1) is 9.83 Å². The van der Waals surface area contributed by atoms with E-state index in [4.69, 9.17) is 5.73 Å². The Labute approximate surface area is 147 Å². The fourth-order valence-electron chi connectivity index (χ4n) is 2.49. The van der Waals surface area contributed by atoms with Gasteiger partial charge in [0.2, 0.25) is 0 Å². The molecule has 5 heteroatoms. The Morgan fingerprint density at radius 3 is 2.57 bits per heavy atom. The Hall–Kier alpha value is -0.200. The highest BCUT2D eigenvalue weighted by molar-refractivity contribution is 9.11. The number of likely N-dealkylation sites (N-methyl/N-ethyl adjacent to an activating group) is 1. The third-order valence-corrected chi connectivity index (χ3v) is 5.75. The maximum Gasteiger partial charge on any atom is 0.0702 e. The Balaban J connectivity index is 2.20. The van der Waals surface area contributed by atoms with Crippen LogP contribution in [0.4, 0.5) is 0 Å². The van der Waals surface area contributed by atoms with Gasteiger partial charge in [0.25, 0.3) is 0 Å². The SMILES string of the molecule is CCC(N)C(c1ccc(Br)s1)N(C)Cc1cccc(Br)c1. The molecule has 0 spiro atoms. The second kappa shape index (κ2) is 7.88. The number of hydrogen-bond donors (Lipinski definition) is 1. The molecule has 2 unspecified atom stereocenters. The molecule has 1 aromatic heterocycles. The summed E-state index contributed by atoms with van der Waals surface area (Å²) >= 11 is 8.85. The lowest BCUT2D eigenvalue weighted by molar-refractivity contribution is 0.205. The lowest BCUT2D eigenvalue weighted by Gasteiger charge is -2.31. The normalized spacial score (nSPS) is 14.4. The fourth-order valence-corrected chi connectivity index (χ4v) is 4.60. The summed E-state index contributed by atoms with van der Waals surface area (Å²) in [6, 6.07) is 13.1. The highest BCUT2D eigenvalue weighted by atomic mass is 79.9. The van der Waals surface area contributed by atoms with Crippen LogP contribution in [0.2, 0.25) is 0 Å². The van der Waals surface area contributed by atoms with E-state index in [0.29, 0.717) is 0 Å². The zero-order valence-electron chi connectivity index (χ0n) is 12.2. The van der Waals surface area contributed by atoms with Crippen LogP contribution < -0.4 is 5.73 Å². The Bertz CT molecular complexity index is 585. The van der Waals surface area contributed by atoms with Crippen LogP contribution >= 0.6 is 43.2 Å². The molecule has 0 fully saturated rings. The lowest BCUT2D eigenvalue weighted by Crippen LogP contribution is -2.38. The number of halogens is 2. The molecular formula is C16H20Br2N2S. The minimum atomic E-state index is 0.132. The highest BCUT2D eigenvalue weighted by Gasteiger charge is 2.24. The van der Waals surface area contributed by atoms with Crippen LogP contribution in [0.1, 0.15) is 29.8 Å². The smallest absolute Gasteiger partial charge is 0.0702 e. The van der Waals surface area contributed by atoms with Gasteiger partial charge < -0.3 is 5.73 Å². The molecule has 0 aliphatic rings. The van der Waals surface area contributed by atoms with Gasteiger partial charge in [0.1, 0.15) is 0 Å². The van der Waals surface area contributed by atoms with E-state index in [2.05, 4.69) is 87.1 Å². The number of thiophene rings is 1. The van der Waals surface area contributed by atoms with Gasteiger partial charge in [-0.15, -0.1) is 11.3 Å². The van der Waals surface area contributed by atoms with E-state index in [-0.39, 0.29) is 12.1 Å². The van der Waals surface area contributed by atoms with Crippen molar-refractivity contribution in [3.8, 4) is 0 Å². The summed E-state index contributed by atoms with van der Waals surface area (Å²) in [5.41, 5.74) is 7.67. The third kappa shape index (κ3) is 4.63. The number of rotatable bonds is 6. The summed E-state index contributed by atoms with van der Waals surface area (Å²) in [6.07, 6.45) is 0.961. The summed E-state index contributed by atoms with van der Waals surface area (Å²) in [6.45, 7) is 3.03. The Morgan fingerprint density at radius 1 is 1.24 bits per heavy atom. The second-order valence-corrected chi connectivity index (χ2v) is 8.61. The van der Waals surface area contributed by atoms with E-state index in [1.54, 1.807) is 11.3 Å². The first kappa shape index (κ1) is 17.2. The van der Waals surface area contributed by atoms with Crippen molar-refractivity contribution < 1.29 is 0 Å². The maximum absolute atomic E-state index is 6.38. The van der Waals surface area contributed by atoms with Gasteiger partial charge in [-0.05, 0) is 59.2 Å². The molecule has 1 heterocycles. The molecule has 1 aromatic carbocycles. The molecule has 0 aliphatic carbocycles. The van der Waals surface area contributed by atoms with Gasteiger partial charge >= 0.3 is 0 Å². The summed E-state index contributed by atoms with van der Waals surface area (Å²) in [7, 11) is 2.15. The van der Waals surface area contributed by atoms with Gasteiger partial charge in [0, 0.05) is 21.9 Å². The van der Waals surface area contributed by atoms with E-state index >= 15 is 0 Å². The summed E-state index contributed by atoms with van der Waals surface area (Å²) in [5, 5.41) is 0. The molecule has 2 aromatic rings. The fraction of sp³-hybridized carbons (Fsp3) is 0.375. The molecule has 0 bridgehead atoms. The first-order valence-corrected chi connectivity index (χ1v) is 9.37. The van der Waals surface area contributed by atoms with Gasteiger partial charge in [-0.25, -0.2) is 0 Å². The van der Waals surface area contributed by atoms with E-state index in [1.165, 1.54) is 10.4 Å². The van der Waals surface area contributed by atoms with Gasteiger partial charge in [-0.3, -0.25) is 4.90 Å². The first-order valence-electron chi connectivity index (χ1n) is 6.96. The summed E-state index contributed by atoms with van der Waals surface area (Å²) < 4.78 is 2.27. The molecule has 0 amide bonds. The molecule has 114 valence electrons. The molecule has 0 radical (unpaired) electrons. The van der Waals surface area contributed by atoms with Crippen molar-refractivity contribution in [1.82, 2.24) is 4.90 Å². The molecule has 21 heavy (non-hydrogen) atoms. The van der Waals surface area contributed by atoms with Crippen molar-refractivity contribution in [2.45, 2.75) is 32.0 Å². The molecule has 2 nitrogen and oxygen atoms in total. The van der Waals surface area contributed by atoms with E-state index in [0.717, 1.165) is 21.2 Å². The second-order valence-electron chi connectivity index (χ2n) is 5.20. The van der Waals surface area contributed by atoms with Gasteiger partial charge in [-0.2, -0.15) is 0 Å².